The maximum absolute atomic E-state index is 12.6. The topological polar surface area (TPSA) is 52.6 Å². The van der Waals surface area contributed by atoms with E-state index in [9.17, 15) is 9.59 Å². The molecule has 0 amide bonds. The summed E-state index contributed by atoms with van der Waals surface area (Å²) in [6.07, 6.45) is 5.47. The fourth-order valence-corrected chi connectivity index (χ4v) is 4.70. The van der Waals surface area contributed by atoms with E-state index < -0.39 is 0 Å². The fourth-order valence-electron chi connectivity index (χ4n) is 4.70. The molecule has 2 fully saturated rings. The Morgan fingerprint density at radius 3 is 1.46 bits per heavy atom. The molecule has 4 rings (SSSR count). The third kappa shape index (κ3) is 4.44. The number of rotatable bonds is 4. The number of fused-ring (bicyclic) bond motifs is 1. The van der Waals surface area contributed by atoms with Crippen LogP contribution in [0.1, 0.15) is 38.5 Å². The van der Waals surface area contributed by atoms with Crippen molar-refractivity contribution in [2.24, 2.45) is 23.7 Å². The van der Waals surface area contributed by atoms with E-state index in [1.807, 2.05) is 36.4 Å². The van der Waals surface area contributed by atoms with Crippen LogP contribution < -0.4 is 9.47 Å². The predicted molar refractivity (Wildman–Crippen MR) is 106 cm³/mol. The standard InChI is InChI=1S/C24H26O4/c25-23(27-21-7-3-1-4-8-21)18-13-11-17-12-14-19(16-20(17)15-18)24(26)28-22-9-5-2-6-10-22/h1-10,17-20H,11-16H2. The van der Waals surface area contributed by atoms with Gasteiger partial charge in [0, 0.05) is 0 Å². The Bertz CT molecular complexity index is 734. The van der Waals surface area contributed by atoms with Crippen LogP contribution in [0, 0.1) is 23.7 Å². The summed E-state index contributed by atoms with van der Waals surface area (Å²) in [5.41, 5.74) is 0. The van der Waals surface area contributed by atoms with Crippen molar-refractivity contribution in [3.05, 3.63) is 60.7 Å². The van der Waals surface area contributed by atoms with Crippen LogP contribution in [-0.4, -0.2) is 11.9 Å². The van der Waals surface area contributed by atoms with Gasteiger partial charge in [0.2, 0.25) is 0 Å². The number of hydrogen-bond donors (Lipinski definition) is 0. The van der Waals surface area contributed by atoms with Gasteiger partial charge in [0.05, 0.1) is 11.8 Å². The Morgan fingerprint density at radius 2 is 1.04 bits per heavy atom. The molecular weight excluding hydrogens is 352 g/mol. The highest BCUT2D eigenvalue weighted by Crippen LogP contribution is 2.45. The van der Waals surface area contributed by atoms with Crippen molar-refractivity contribution in [3.63, 3.8) is 0 Å². The van der Waals surface area contributed by atoms with E-state index >= 15 is 0 Å². The first-order valence-electron chi connectivity index (χ1n) is 10.2. The normalized spacial score (nSPS) is 26.7. The van der Waals surface area contributed by atoms with Gasteiger partial charge < -0.3 is 9.47 Å². The summed E-state index contributed by atoms with van der Waals surface area (Å²) < 4.78 is 11.1. The smallest absolute Gasteiger partial charge is 0.314 e. The molecule has 2 aliphatic carbocycles. The van der Waals surface area contributed by atoms with Gasteiger partial charge in [-0.2, -0.15) is 0 Å². The molecule has 2 aromatic carbocycles. The van der Waals surface area contributed by atoms with Crippen molar-refractivity contribution in [2.75, 3.05) is 0 Å². The van der Waals surface area contributed by atoms with E-state index in [0.717, 1.165) is 38.5 Å². The molecule has 2 saturated carbocycles. The molecule has 0 N–H and O–H groups in total. The minimum Gasteiger partial charge on any atom is -0.426 e. The highest BCUT2D eigenvalue weighted by Gasteiger charge is 2.40. The van der Waals surface area contributed by atoms with E-state index in [2.05, 4.69) is 0 Å². The zero-order chi connectivity index (χ0) is 19.3. The lowest BCUT2D eigenvalue weighted by Gasteiger charge is -2.40. The second-order valence-electron chi connectivity index (χ2n) is 8.01. The molecule has 2 aromatic rings. The zero-order valence-electron chi connectivity index (χ0n) is 16.0. The summed E-state index contributed by atoms with van der Waals surface area (Å²) in [5.74, 6) is 1.77. The lowest BCUT2D eigenvalue weighted by Crippen LogP contribution is -2.37. The summed E-state index contributed by atoms with van der Waals surface area (Å²) in [6, 6.07) is 18.5. The first-order valence-corrected chi connectivity index (χ1v) is 10.2. The Kier molecular flexibility index (Phi) is 5.75. The van der Waals surface area contributed by atoms with Crippen molar-refractivity contribution in [3.8, 4) is 11.5 Å². The van der Waals surface area contributed by atoms with Crippen LogP contribution in [0.4, 0.5) is 0 Å². The molecule has 0 aromatic heterocycles. The number of esters is 2. The summed E-state index contributed by atoms with van der Waals surface area (Å²) in [6.45, 7) is 0. The molecular formula is C24H26O4. The Hall–Kier alpha value is -2.62. The number of hydrogen-bond acceptors (Lipinski definition) is 4. The third-order valence-electron chi connectivity index (χ3n) is 6.20. The van der Waals surface area contributed by atoms with Crippen molar-refractivity contribution < 1.29 is 19.1 Å². The molecule has 0 heterocycles. The fraction of sp³-hybridized carbons (Fsp3) is 0.417. The van der Waals surface area contributed by atoms with Gasteiger partial charge in [0.25, 0.3) is 0 Å². The first kappa shape index (κ1) is 18.7. The molecule has 4 nitrogen and oxygen atoms in total. The quantitative estimate of drug-likeness (QED) is 0.553. The largest absolute Gasteiger partial charge is 0.426 e. The highest BCUT2D eigenvalue weighted by atomic mass is 16.5. The maximum Gasteiger partial charge on any atom is 0.314 e. The number of carbonyl (C=O) groups is 2. The third-order valence-corrected chi connectivity index (χ3v) is 6.20. The van der Waals surface area contributed by atoms with Crippen LogP contribution >= 0.6 is 0 Å². The van der Waals surface area contributed by atoms with Gasteiger partial charge in [-0.3, -0.25) is 9.59 Å². The Morgan fingerprint density at radius 1 is 0.607 bits per heavy atom. The molecule has 4 heteroatoms. The number of carbonyl (C=O) groups excluding carboxylic acids is 2. The van der Waals surface area contributed by atoms with E-state index in [1.165, 1.54) is 0 Å². The minimum atomic E-state index is -0.140. The zero-order valence-corrected chi connectivity index (χ0v) is 16.0. The van der Waals surface area contributed by atoms with Crippen LogP contribution in [0.2, 0.25) is 0 Å². The molecule has 2 aliphatic rings. The molecule has 0 bridgehead atoms. The molecule has 0 saturated heterocycles. The summed E-state index contributed by atoms with van der Waals surface area (Å²) in [5, 5.41) is 0. The lowest BCUT2D eigenvalue weighted by molar-refractivity contribution is -0.143. The van der Waals surface area contributed by atoms with Crippen LogP contribution in [0.15, 0.2) is 60.7 Å². The minimum absolute atomic E-state index is 0.0784. The summed E-state index contributed by atoms with van der Waals surface area (Å²) >= 11 is 0. The molecule has 28 heavy (non-hydrogen) atoms. The maximum atomic E-state index is 12.6. The molecule has 2 unspecified atom stereocenters. The number of ether oxygens (including phenoxy) is 2. The molecule has 146 valence electrons. The predicted octanol–water partition coefficient (Wildman–Crippen LogP) is 5.03. The first-order chi connectivity index (χ1) is 13.7. The average molecular weight is 378 g/mol. The van der Waals surface area contributed by atoms with Crippen molar-refractivity contribution >= 4 is 11.9 Å². The van der Waals surface area contributed by atoms with Gasteiger partial charge >= 0.3 is 11.9 Å². The second-order valence-corrected chi connectivity index (χ2v) is 8.01. The molecule has 0 aliphatic heterocycles. The molecule has 2 atom stereocenters. The lowest BCUT2D eigenvalue weighted by atomic mass is 9.65. The average Bonchev–Trinajstić information content (AvgIpc) is 2.74. The van der Waals surface area contributed by atoms with Gasteiger partial charge in [-0.1, -0.05) is 36.4 Å². The van der Waals surface area contributed by atoms with Gasteiger partial charge in [-0.25, -0.2) is 0 Å². The molecule has 0 radical (unpaired) electrons. The highest BCUT2D eigenvalue weighted by molar-refractivity contribution is 5.76. The number of benzene rings is 2. The molecule has 0 spiro atoms. The van der Waals surface area contributed by atoms with Crippen LogP contribution in [0.3, 0.4) is 0 Å². The summed E-state index contributed by atoms with van der Waals surface area (Å²) in [7, 11) is 0. The van der Waals surface area contributed by atoms with Crippen LogP contribution in [-0.2, 0) is 9.59 Å². The Balaban J connectivity index is 1.34. The van der Waals surface area contributed by atoms with Crippen LogP contribution in [0.5, 0.6) is 11.5 Å². The van der Waals surface area contributed by atoms with E-state index in [-0.39, 0.29) is 23.8 Å². The van der Waals surface area contributed by atoms with Gasteiger partial charge in [-0.05, 0) is 74.6 Å². The monoisotopic (exact) mass is 378 g/mol. The van der Waals surface area contributed by atoms with Crippen molar-refractivity contribution in [1.29, 1.82) is 0 Å². The van der Waals surface area contributed by atoms with E-state index in [0.29, 0.717) is 23.3 Å². The van der Waals surface area contributed by atoms with Crippen molar-refractivity contribution in [2.45, 2.75) is 38.5 Å². The van der Waals surface area contributed by atoms with Gasteiger partial charge in [0.15, 0.2) is 0 Å². The SMILES string of the molecule is O=C(Oc1ccccc1)C1CCC2CCC(C(=O)Oc3ccccc3)CC2C1. The van der Waals surface area contributed by atoms with E-state index in [4.69, 9.17) is 9.47 Å². The second kappa shape index (κ2) is 8.59. The van der Waals surface area contributed by atoms with Gasteiger partial charge in [-0.15, -0.1) is 0 Å². The van der Waals surface area contributed by atoms with Crippen molar-refractivity contribution in [1.82, 2.24) is 0 Å². The number of para-hydroxylation sites is 2. The van der Waals surface area contributed by atoms with Gasteiger partial charge in [0.1, 0.15) is 11.5 Å². The summed E-state index contributed by atoms with van der Waals surface area (Å²) in [4.78, 5) is 25.2. The Labute approximate surface area is 165 Å². The van der Waals surface area contributed by atoms with Crippen LogP contribution in [0.25, 0.3) is 0 Å². The van der Waals surface area contributed by atoms with E-state index in [1.54, 1.807) is 24.3 Å².